The van der Waals surface area contributed by atoms with Crippen LogP contribution in [0, 0.1) is 17.8 Å². The van der Waals surface area contributed by atoms with Gasteiger partial charge < -0.3 is 15.0 Å². The number of alkyl halides is 3. The highest BCUT2D eigenvalue weighted by Gasteiger charge is 2.34. The Labute approximate surface area is 177 Å². The van der Waals surface area contributed by atoms with Gasteiger partial charge in [-0.2, -0.15) is 13.2 Å². The normalized spacial score (nSPS) is 23.7. The number of carbonyl (C=O) groups excluding carboxylic acids is 1. The summed E-state index contributed by atoms with van der Waals surface area (Å²) in [6.45, 7) is 7.03. The number of benzene rings is 1. The highest BCUT2D eigenvalue weighted by atomic mass is 19.4. The van der Waals surface area contributed by atoms with Gasteiger partial charge in [-0.05, 0) is 43.4 Å². The van der Waals surface area contributed by atoms with Crippen molar-refractivity contribution in [2.24, 2.45) is 17.8 Å². The molecule has 1 N–H and O–H groups in total. The molecule has 2 atom stereocenters. The Morgan fingerprint density at radius 2 is 1.97 bits per heavy atom. The van der Waals surface area contributed by atoms with Gasteiger partial charge in [-0.3, -0.25) is 4.79 Å². The molecular weight excluding hydrogens is 393 g/mol. The highest BCUT2D eigenvalue weighted by Crippen LogP contribution is 2.32. The van der Waals surface area contributed by atoms with Gasteiger partial charge >= 0.3 is 6.18 Å². The van der Waals surface area contributed by atoms with Gasteiger partial charge in [0.15, 0.2) is 0 Å². The van der Waals surface area contributed by atoms with Crippen LogP contribution >= 0.6 is 0 Å². The fourth-order valence-electron chi connectivity index (χ4n) is 4.64. The molecule has 2 fully saturated rings. The standard InChI is InChI=1S/C23H33F3N2O2/c1-16(2)12-28-13-17(10-18(14-28)22(29)27-20-7-3-4-8-20)15-30-21-9-5-6-19(11-21)23(24,25)26/h5-6,9,11,16-18,20H,3-4,7-8,10,12-15H2,1-2H3,(H,27,29)/t17-,18+/m0/s1. The second-order valence-corrected chi connectivity index (χ2v) is 9.24. The van der Waals surface area contributed by atoms with Crippen LogP contribution in [0.5, 0.6) is 5.75 Å². The van der Waals surface area contributed by atoms with Crippen molar-refractivity contribution in [1.82, 2.24) is 10.2 Å². The molecule has 1 aromatic rings. The van der Waals surface area contributed by atoms with Gasteiger partial charge in [-0.25, -0.2) is 0 Å². The molecule has 1 amide bonds. The summed E-state index contributed by atoms with van der Waals surface area (Å²) in [4.78, 5) is 15.2. The molecule has 1 heterocycles. The van der Waals surface area contributed by atoms with Crippen LogP contribution in [0.4, 0.5) is 13.2 Å². The Morgan fingerprint density at radius 3 is 2.63 bits per heavy atom. The van der Waals surface area contributed by atoms with E-state index in [1.807, 2.05) is 0 Å². The Hall–Kier alpha value is -1.76. The van der Waals surface area contributed by atoms with E-state index in [0.717, 1.165) is 44.6 Å². The Kier molecular flexibility index (Phi) is 7.66. The van der Waals surface area contributed by atoms with E-state index in [2.05, 4.69) is 24.1 Å². The number of ether oxygens (including phenoxy) is 1. The third-order valence-corrected chi connectivity index (χ3v) is 5.96. The molecule has 0 bridgehead atoms. The fraction of sp³-hybridized carbons (Fsp3) is 0.696. The molecule has 1 aliphatic heterocycles. The van der Waals surface area contributed by atoms with Crippen molar-refractivity contribution >= 4 is 5.91 Å². The van der Waals surface area contributed by atoms with E-state index in [1.54, 1.807) is 6.07 Å². The first-order valence-electron chi connectivity index (χ1n) is 11.0. The van der Waals surface area contributed by atoms with Crippen molar-refractivity contribution in [2.45, 2.75) is 58.2 Å². The maximum atomic E-state index is 12.9. The topological polar surface area (TPSA) is 41.6 Å². The predicted molar refractivity (Wildman–Crippen MR) is 110 cm³/mol. The van der Waals surface area contributed by atoms with E-state index >= 15 is 0 Å². The number of likely N-dealkylation sites (tertiary alicyclic amines) is 1. The number of rotatable bonds is 7. The lowest BCUT2D eigenvalue weighted by atomic mass is 9.88. The van der Waals surface area contributed by atoms with Crippen LogP contribution in [0.25, 0.3) is 0 Å². The van der Waals surface area contributed by atoms with E-state index in [0.29, 0.717) is 18.9 Å². The Bertz CT molecular complexity index is 702. The van der Waals surface area contributed by atoms with Gasteiger partial charge in [0.1, 0.15) is 5.75 Å². The number of carbonyl (C=O) groups is 1. The molecule has 0 spiro atoms. The third-order valence-electron chi connectivity index (χ3n) is 5.96. The van der Waals surface area contributed by atoms with E-state index < -0.39 is 11.7 Å². The van der Waals surface area contributed by atoms with E-state index in [9.17, 15) is 18.0 Å². The third kappa shape index (κ3) is 6.62. The first-order valence-corrected chi connectivity index (χ1v) is 11.0. The summed E-state index contributed by atoms with van der Waals surface area (Å²) in [7, 11) is 0. The van der Waals surface area contributed by atoms with E-state index in [1.165, 1.54) is 18.9 Å². The molecule has 1 aromatic carbocycles. The molecule has 1 aliphatic carbocycles. The molecule has 30 heavy (non-hydrogen) atoms. The summed E-state index contributed by atoms with van der Waals surface area (Å²) >= 11 is 0. The number of amides is 1. The molecule has 3 rings (SSSR count). The number of hydrogen-bond acceptors (Lipinski definition) is 3. The summed E-state index contributed by atoms with van der Waals surface area (Å²) in [5.74, 6) is 0.809. The summed E-state index contributed by atoms with van der Waals surface area (Å²) in [5, 5.41) is 3.21. The molecule has 7 heteroatoms. The minimum Gasteiger partial charge on any atom is -0.493 e. The van der Waals surface area contributed by atoms with Crippen LogP contribution in [-0.4, -0.2) is 43.1 Å². The smallest absolute Gasteiger partial charge is 0.416 e. The van der Waals surface area contributed by atoms with Gasteiger partial charge in [0.25, 0.3) is 0 Å². The second kappa shape index (κ2) is 10.0. The Morgan fingerprint density at radius 1 is 1.23 bits per heavy atom. The van der Waals surface area contributed by atoms with Crippen molar-refractivity contribution in [3.8, 4) is 5.75 Å². The largest absolute Gasteiger partial charge is 0.493 e. The number of nitrogens with zero attached hydrogens (tertiary/aromatic N) is 1. The van der Waals surface area contributed by atoms with Gasteiger partial charge in [-0.1, -0.05) is 32.8 Å². The lowest BCUT2D eigenvalue weighted by molar-refractivity contribution is -0.137. The maximum absolute atomic E-state index is 12.9. The van der Waals surface area contributed by atoms with Gasteiger partial charge in [0.2, 0.25) is 5.91 Å². The van der Waals surface area contributed by atoms with Crippen molar-refractivity contribution in [2.75, 3.05) is 26.2 Å². The zero-order chi connectivity index (χ0) is 21.7. The zero-order valence-corrected chi connectivity index (χ0v) is 17.9. The quantitative estimate of drug-likeness (QED) is 0.685. The van der Waals surface area contributed by atoms with Crippen LogP contribution in [0.2, 0.25) is 0 Å². The van der Waals surface area contributed by atoms with Gasteiger partial charge in [0, 0.05) is 31.6 Å². The number of halogens is 3. The number of hydrogen-bond donors (Lipinski definition) is 1. The van der Waals surface area contributed by atoms with Crippen LogP contribution in [0.1, 0.15) is 51.5 Å². The lowest BCUT2D eigenvalue weighted by Gasteiger charge is -2.38. The van der Waals surface area contributed by atoms with Crippen LogP contribution < -0.4 is 10.1 Å². The van der Waals surface area contributed by atoms with Crippen molar-refractivity contribution in [3.63, 3.8) is 0 Å². The van der Waals surface area contributed by atoms with Gasteiger partial charge in [0.05, 0.1) is 18.1 Å². The minimum absolute atomic E-state index is 0.103. The first-order chi connectivity index (χ1) is 14.2. The van der Waals surface area contributed by atoms with Crippen LogP contribution in [-0.2, 0) is 11.0 Å². The molecular formula is C23H33F3N2O2. The molecule has 168 valence electrons. The summed E-state index contributed by atoms with van der Waals surface area (Å²) in [5.41, 5.74) is -0.709. The second-order valence-electron chi connectivity index (χ2n) is 9.24. The molecule has 1 saturated heterocycles. The monoisotopic (exact) mass is 426 g/mol. The lowest BCUT2D eigenvalue weighted by Crippen LogP contribution is -2.49. The molecule has 0 radical (unpaired) electrons. The van der Waals surface area contributed by atoms with E-state index in [-0.39, 0.29) is 29.5 Å². The van der Waals surface area contributed by atoms with Crippen molar-refractivity contribution in [3.05, 3.63) is 29.8 Å². The van der Waals surface area contributed by atoms with Gasteiger partial charge in [-0.15, -0.1) is 0 Å². The van der Waals surface area contributed by atoms with Crippen LogP contribution in [0.15, 0.2) is 24.3 Å². The van der Waals surface area contributed by atoms with Crippen molar-refractivity contribution < 1.29 is 22.7 Å². The summed E-state index contributed by atoms with van der Waals surface area (Å²) < 4.78 is 44.5. The maximum Gasteiger partial charge on any atom is 0.416 e. The molecule has 0 unspecified atom stereocenters. The first kappa shape index (κ1) is 22.9. The van der Waals surface area contributed by atoms with Crippen LogP contribution in [0.3, 0.4) is 0 Å². The zero-order valence-electron chi connectivity index (χ0n) is 17.9. The predicted octanol–water partition coefficient (Wildman–Crippen LogP) is 4.74. The molecule has 1 saturated carbocycles. The number of piperidine rings is 1. The number of nitrogens with one attached hydrogen (secondary N) is 1. The van der Waals surface area contributed by atoms with Crippen molar-refractivity contribution in [1.29, 1.82) is 0 Å². The summed E-state index contributed by atoms with van der Waals surface area (Å²) in [6.07, 6.45) is 0.755. The molecule has 0 aromatic heterocycles. The van der Waals surface area contributed by atoms with E-state index in [4.69, 9.17) is 4.74 Å². The minimum atomic E-state index is -4.39. The SMILES string of the molecule is CC(C)CN1C[C@@H](COc2cccc(C(F)(F)F)c2)C[C@@H](C(=O)NC2CCCC2)C1. The summed E-state index contributed by atoms with van der Waals surface area (Å²) in [6, 6.07) is 5.29. The average Bonchev–Trinajstić information content (AvgIpc) is 3.18. The molecule has 2 aliphatic rings. The molecule has 4 nitrogen and oxygen atoms in total. The average molecular weight is 427 g/mol. The highest BCUT2D eigenvalue weighted by molar-refractivity contribution is 5.79. The Balaban J connectivity index is 1.61. The fourth-order valence-corrected chi connectivity index (χ4v) is 4.64.